The maximum absolute atomic E-state index is 10.7. The highest BCUT2D eigenvalue weighted by Gasteiger charge is 2.02. The molecule has 1 aromatic heterocycles. The van der Waals surface area contributed by atoms with Gasteiger partial charge in [0.05, 0.1) is 5.75 Å². The lowest BCUT2D eigenvalue weighted by Crippen LogP contribution is -2.13. The van der Waals surface area contributed by atoms with Gasteiger partial charge in [-0.25, -0.2) is 0 Å². The minimum Gasteiger partial charge on any atom is -0.292 e. The van der Waals surface area contributed by atoms with Gasteiger partial charge in [-0.3, -0.25) is 15.2 Å². The molecule has 0 saturated heterocycles. The molecule has 0 bridgehead atoms. The SMILES string of the molecule is O=C(CS)Nc1n[nH]c(S)n1. The number of amides is 1. The van der Waals surface area contributed by atoms with Crippen LogP contribution in [0.15, 0.2) is 5.16 Å². The normalized spacial score (nSPS) is 9.64. The third kappa shape index (κ3) is 2.43. The number of nitrogens with one attached hydrogen (secondary N) is 2. The van der Waals surface area contributed by atoms with Crippen molar-refractivity contribution in [1.29, 1.82) is 0 Å². The van der Waals surface area contributed by atoms with Crippen LogP contribution in [-0.4, -0.2) is 26.8 Å². The van der Waals surface area contributed by atoms with Crippen LogP contribution < -0.4 is 5.32 Å². The molecule has 1 rings (SSSR count). The number of aromatic nitrogens is 3. The van der Waals surface area contributed by atoms with E-state index in [0.29, 0.717) is 5.16 Å². The van der Waals surface area contributed by atoms with E-state index < -0.39 is 0 Å². The van der Waals surface area contributed by atoms with E-state index >= 15 is 0 Å². The Balaban J connectivity index is 2.57. The third-order valence-corrected chi connectivity index (χ3v) is 1.36. The molecule has 1 amide bonds. The van der Waals surface area contributed by atoms with Gasteiger partial charge in [0.2, 0.25) is 11.9 Å². The third-order valence-electron chi connectivity index (χ3n) is 0.868. The lowest BCUT2D eigenvalue weighted by molar-refractivity contribution is -0.113. The van der Waals surface area contributed by atoms with Crippen molar-refractivity contribution in [3.63, 3.8) is 0 Å². The van der Waals surface area contributed by atoms with Crippen molar-refractivity contribution in [2.75, 3.05) is 11.1 Å². The topological polar surface area (TPSA) is 70.7 Å². The van der Waals surface area contributed by atoms with Gasteiger partial charge in [0.1, 0.15) is 0 Å². The zero-order valence-corrected chi connectivity index (χ0v) is 7.19. The maximum atomic E-state index is 10.7. The fourth-order valence-electron chi connectivity index (χ4n) is 0.473. The first-order valence-electron chi connectivity index (χ1n) is 2.74. The minimum atomic E-state index is -0.249. The number of aromatic amines is 1. The van der Waals surface area contributed by atoms with Gasteiger partial charge in [-0.05, 0) is 0 Å². The molecular formula is C4H6N4OS2. The zero-order valence-electron chi connectivity index (χ0n) is 5.40. The van der Waals surface area contributed by atoms with E-state index in [4.69, 9.17) is 0 Å². The molecule has 0 radical (unpaired) electrons. The molecule has 0 aliphatic carbocycles. The summed E-state index contributed by atoms with van der Waals surface area (Å²) >= 11 is 7.61. The number of carbonyl (C=O) groups excluding carboxylic acids is 1. The van der Waals surface area contributed by atoms with Gasteiger partial charge < -0.3 is 0 Å². The fourth-order valence-corrected chi connectivity index (χ4v) is 0.697. The maximum Gasteiger partial charge on any atom is 0.249 e. The van der Waals surface area contributed by atoms with Gasteiger partial charge in [0.25, 0.3) is 0 Å². The summed E-state index contributed by atoms with van der Waals surface area (Å²) in [6.45, 7) is 0. The smallest absolute Gasteiger partial charge is 0.249 e. The van der Waals surface area contributed by atoms with Gasteiger partial charge >= 0.3 is 0 Å². The Kier molecular flexibility index (Phi) is 2.77. The average molecular weight is 190 g/mol. The average Bonchev–Trinajstić information content (AvgIpc) is 2.35. The second-order valence-corrected chi connectivity index (χ2v) is 2.43. The number of carbonyl (C=O) groups is 1. The standard InChI is InChI=1S/C4H6N4OS2/c9-2(1-10)5-3-6-4(11)8-7-3/h10H,1H2,(H3,5,6,7,8,9,11). The summed E-state index contributed by atoms with van der Waals surface area (Å²) in [6, 6.07) is 0. The monoisotopic (exact) mass is 190 g/mol. The number of nitrogens with zero attached hydrogens (tertiary/aromatic N) is 2. The minimum absolute atomic E-state index is 0.108. The largest absolute Gasteiger partial charge is 0.292 e. The van der Waals surface area contributed by atoms with Crippen molar-refractivity contribution >= 4 is 37.1 Å². The molecule has 11 heavy (non-hydrogen) atoms. The van der Waals surface area contributed by atoms with Crippen LogP contribution in [0.25, 0.3) is 0 Å². The van der Waals surface area contributed by atoms with Gasteiger partial charge in [-0.1, -0.05) is 0 Å². The van der Waals surface area contributed by atoms with Crippen molar-refractivity contribution in [2.45, 2.75) is 5.16 Å². The molecule has 1 aromatic rings. The molecule has 0 unspecified atom stereocenters. The molecule has 0 saturated carbocycles. The van der Waals surface area contributed by atoms with E-state index in [1.807, 2.05) is 0 Å². The Hall–Kier alpha value is -0.690. The van der Waals surface area contributed by atoms with Crippen LogP contribution in [0.5, 0.6) is 0 Å². The zero-order chi connectivity index (χ0) is 8.27. The molecule has 1 heterocycles. The van der Waals surface area contributed by atoms with Crippen LogP contribution in [0.4, 0.5) is 5.95 Å². The Labute approximate surface area is 73.8 Å². The van der Waals surface area contributed by atoms with Gasteiger partial charge in [-0.15, -0.1) is 17.7 Å². The van der Waals surface area contributed by atoms with Crippen LogP contribution in [0.2, 0.25) is 0 Å². The predicted molar refractivity (Wildman–Crippen MR) is 46.1 cm³/mol. The predicted octanol–water partition coefficient (Wildman–Crippen LogP) is -0.0383. The highest BCUT2D eigenvalue weighted by atomic mass is 32.1. The highest BCUT2D eigenvalue weighted by molar-refractivity contribution is 7.81. The van der Waals surface area contributed by atoms with Crippen molar-refractivity contribution in [3.05, 3.63) is 0 Å². The highest BCUT2D eigenvalue weighted by Crippen LogP contribution is 2.00. The molecule has 0 aromatic carbocycles. The molecule has 0 aliphatic rings. The number of anilines is 1. The van der Waals surface area contributed by atoms with E-state index in [2.05, 4.69) is 45.8 Å². The summed E-state index contributed by atoms with van der Waals surface area (Å²) in [5.41, 5.74) is 0. The second-order valence-electron chi connectivity index (χ2n) is 1.69. The van der Waals surface area contributed by atoms with Crippen molar-refractivity contribution in [2.24, 2.45) is 0 Å². The van der Waals surface area contributed by atoms with E-state index in [1.54, 1.807) is 0 Å². The number of hydrogen-bond acceptors (Lipinski definition) is 5. The number of rotatable bonds is 2. The number of H-pyrrole nitrogens is 1. The lowest BCUT2D eigenvalue weighted by atomic mass is 10.7. The van der Waals surface area contributed by atoms with E-state index in [1.165, 1.54) is 0 Å². The van der Waals surface area contributed by atoms with Gasteiger partial charge in [0, 0.05) is 0 Å². The van der Waals surface area contributed by atoms with E-state index in [0.717, 1.165) is 0 Å². The molecular weight excluding hydrogens is 184 g/mol. The number of hydrogen-bond donors (Lipinski definition) is 4. The van der Waals surface area contributed by atoms with Crippen LogP contribution in [0.3, 0.4) is 0 Å². The van der Waals surface area contributed by atoms with Gasteiger partial charge in [-0.2, -0.15) is 17.6 Å². The Morgan fingerprint density at radius 1 is 1.73 bits per heavy atom. The molecule has 0 aliphatic heterocycles. The van der Waals surface area contributed by atoms with Crippen LogP contribution in [0.1, 0.15) is 0 Å². The Morgan fingerprint density at radius 2 is 2.45 bits per heavy atom. The Bertz CT molecular complexity index is 260. The molecule has 7 heteroatoms. The summed E-state index contributed by atoms with van der Waals surface area (Å²) in [7, 11) is 0. The van der Waals surface area contributed by atoms with Crippen molar-refractivity contribution < 1.29 is 4.79 Å². The summed E-state index contributed by atoms with van der Waals surface area (Å²) in [5.74, 6) is 0.0749. The van der Waals surface area contributed by atoms with Gasteiger partial charge in [0.15, 0.2) is 5.16 Å². The lowest BCUT2D eigenvalue weighted by Gasteiger charge is -1.93. The van der Waals surface area contributed by atoms with Crippen molar-refractivity contribution in [1.82, 2.24) is 15.2 Å². The summed E-state index contributed by atoms with van der Waals surface area (Å²) in [5, 5.41) is 8.84. The fraction of sp³-hybridized carbons (Fsp3) is 0.250. The van der Waals surface area contributed by atoms with Crippen LogP contribution in [-0.2, 0) is 4.79 Å². The summed E-state index contributed by atoms with van der Waals surface area (Å²) in [6.07, 6.45) is 0. The van der Waals surface area contributed by atoms with E-state index in [-0.39, 0.29) is 17.6 Å². The van der Waals surface area contributed by atoms with Crippen molar-refractivity contribution in [3.8, 4) is 0 Å². The quantitative estimate of drug-likeness (QED) is 0.495. The Morgan fingerprint density at radius 3 is 2.91 bits per heavy atom. The second kappa shape index (κ2) is 3.63. The molecule has 0 fully saturated rings. The summed E-state index contributed by atoms with van der Waals surface area (Å²) < 4.78 is 0. The molecule has 0 atom stereocenters. The number of thiol groups is 2. The van der Waals surface area contributed by atoms with Crippen LogP contribution >= 0.6 is 25.3 Å². The summed E-state index contributed by atoms with van der Waals surface area (Å²) in [4.78, 5) is 14.4. The first-order chi connectivity index (χ1) is 5.22. The first kappa shape index (κ1) is 8.41. The molecule has 60 valence electrons. The van der Waals surface area contributed by atoms with E-state index in [9.17, 15) is 4.79 Å². The molecule has 0 spiro atoms. The van der Waals surface area contributed by atoms with Crippen LogP contribution in [0, 0.1) is 0 Å². The first-order valence-corrected chi connectivity index (χ1v) is 3.82. The molecule has 2 N–H and O–H groups in total. The molecule has 5 nitrogen and oxygen atoms in total.